The van der Waals surface area contributed by atoms with Crippen LogP contribution in [-0.4, -0.2) is 65.7 Å². The second-order valence-corrected chi connectivity index (χ2v) is 12.6. The molecule has 2 N–H and O–H groups in total. The van der Waals surface area contributed by atoms with Gasteiger partial charge >= 0.3 is 5.97 Å². The molecule has 1 aliphatic carbocycles. The minimum Gasteiger partial charge on any atom is -0.495 e. The van der Waals surface area contributed by atoms with Gasteiger partial charge in [0.15, 0.2) is 0 Å². The minimum absolute atomic E-state index is 0.0354. The number of aliphatic hydroxyl groups is 1. The molecule has 1 fully saturated rings. The maximum absolute atomic E-state index is 11.2. The minimum atomic E-state index is -0.914. The van der Waals surface area contributed by atoms with E-state index in [1.807, 2.05) is 0 Å². The number of halogens is 1. The molecule has 4 atom stereocenters. The quantitative estimate of drug-likeness (QED) is 0.235. The molecule has 218 valence electrons. The van der Waals surface area contributed by atoms with Gasteiger partial charge in [0.1, 0.15) is 28.6 Å². The van der Waals surface area contributed by atoms with Crippen molar-refractivity contribution in [3.05, 3.63) is 21.7 Å². The Balaban J connectivity index is 1.55. The molecule has 1 aromatic rings. The van der Waals surface area contributed by atoms with E-state index in [1.165, 1.54) is 62.5 Å². The number of aliphatic hydroxyl groups excluding tert-OH is 1. The van der Waals surface area contributed by atoms with Crippen LogP contribution in [0.4, 0.5) is 0 Å². The number of hydrogen-bond donors (Lipinski definition) is 2. The third-order valence-corrected chi connectivity index (χ3v) is 10.0. The van der Waals surface area contributed by atoms with Crippen LogP contribution in [0.2, 0.25) is 0 Å². The number of unbranched alkanes of at least 4 members (excludes halogenated alkanes) is 8. The molecule has 8 heteroatoms. The van der Waals surface area contributed by atoms with Crippen LogP contribution in [0.25, 0.3) is 0 Å². The van der Waals surface area contributed by atoms with E-state index in [0.29, 0.717) is 6.42 Å². The summed E-state index contributed by atoms with van der Waals surface area (Å²) < 4.78 is 13.3. The van der Waals surface area contributed by atoms with Crippen molar-refractivity contribution in [3.63, 3.8) is 0 Å². The van der Waals surface area contributed by atoms with Gasteiger partial charge in [0.25, 0.3) is 0 Å². The molecule has 3 aliphatic rings. The molecule has 39 heavy (non-hydrogen) atoms. The fourth-order valence-corrected chi connectivity index (χ4v) is 7.83. The van der Waals surface area contributed by atoms with Crippen molar-refractivity contribution < 1.29 is 24.5 Å². The molecular formula is C31H47BrN2O5. The number of hydrogen-bond acceptors (Lipinski definition) is 6. The second-order valence-electron chi connectivity index (χ2n) is 11.8. The van der Waals surface area contributed by atoms with Gasteiger partial charge in [-0.3, -0.25) is 14.7 Å². The van der Waals surface area contributed by atoms with Gasteiger partial charge in [0.05, 0.1) is 13.7 Å². The SMILES string of the molecule is CCCCCCCCCCCN1Cc2cc(OC)c(Br)c3c2[C@@]2(C[C@H]1CO)[C@H](C)CC(=NCC(=O)O)C[C@H]2O3. The lowest BCUT2D eigenvalue weighted by molar-refractivity contribution is -0.135. The normalized spacial score (nSPS) is 27.1. The Bertz CT molecular complexity index is 1030. The first-order valence-corrected chi connectivity index (χ1v) is 15.8. The maximum Gasteiger partial charge on any atom is 0.325 e. The maximum atomic E-state index is 11.2. The monoisotopic (exact) mass is 606 g/mol. The molecule has 0 saturated heterocycles. The van der Waals surface area contributed by atoms with E-state index in [1.54, 1.807) is 7.11 Å². The van der Waals surface area contributed by atoms with Crippen LogP contribution < -0.4 is 9.47 Å². The lowest BCUT2D eigenvalue weighted by Gasteiger charge is -2.45. The highest BCUT2D eigenvalue weighted by molar-refractivity contribution is 9.10. The van der Waals surface area contributed by atoms with E-state index in [4.69, 9.17) is 9.47 Å². The smallest absolute Gasteiger partial charge is 0.325 e. The third kappa shape index (κ3) is 6.48. The molecule has 2 aliphatic heterocycles. The van der Waals surface area contributed by atoms with Gasteiger partial charge in [-0.05, 0) is 59.3 Å². The number of rotatable bonds is 14. The zero-order valence-electron chi connectivity index (χ0n) is 24.0. The van der Waals surface area contributed by atoms with Gasteiger partial charge < -0.3 is 19.7 Å². The number of nitrogens with zero attached hydrogens (tertiary/aromatic N) is 2. The van der Waals surface area contributed by atoms with Crippen molar-refractivity contribution in [1.82, 2.24) is 4.90 Å². The molecule has 1 aromatic carbocycles. The van der Waals surface area contributed by atoms with Crippen LogP contribution in [0, 0.1) is 5.92 Å². The summed E-state index contributed by atoms with van der Waals surface area (Å²) >= 11 is 3.76. The lowest BCUT2D eigenvalue weighted by Crippen LogP contribution is -2.52. The number of carbonyl (C=O) groups is 1. The lowest BCUT2D eigenvalue weighted by atomic mass is 9.59. The van der Waals surface area contributed by atoms with Gasteiger partial charge in [0, 0.05) is 35.7 Å². The Kier molecular flexibility index (Phi) is 10.7. The number of methoxy groups -OCH3 is 1. The Hall–Kier alpha value is -1.64. The summed E-state index contributed by atoms with van der Waals surface area (Å²) in [6.07, 6.45) is 13.7. The van der Waals surface area contributed by atoms with Crippen molar-refractivity contribution in [2.75, 3.05) is 26.8 Å². The summed E-state index contributed by atoms with van der Waals surface area (Å²) in [7, 11) is 1.68. The predicted molar refractivity (Wildman–Crippen MR) is 158 cm³/mol. The van der Waals surface area contributed by atoms with Crippen molar-refractivity contribution in [2.24, 2.45) is 10.9 Å². The molecule has 7 nitrogen and oxygen atoms in total. The zero-order valence-corrected chi connectivity index (χ0v) is 25.6. The van der Waals surface area contributed by atoms with Gasteiger partial charge in [-0.15, -0.1) is 0 Å². The van der Waals surface area contributed by atoms with E-state index < -0.39 is 5.97 Å². The summed E-state index contributed by atoms with van der Waals surface area (Å²) in [6, 6.07) is 2.19. The molecule has 0 radical (unpaired) electrons. The summed E-state index contributed by atoms with van der Waals surface area (Å²) in [6.45, 7) is 6.14. The second kappa shape index (κ2) is 13.8. The van der Waals surface area contributed by atoms with E-state index in [9.17, 15) is 15.0 Å². The number of aliphatic carboxylic acids is 1. The fourth-order valence-electron chi connectivity index (χ4n) is 7.26. The molecule has 0 amide bonds. The van der Waals surface area contributed by atoms with E-state index in [2.05, 4.69) is 45.7 Å². The van der Waals surface area contributed by atoms with Crippen molar-refractivity contribution in [3.8, 4) is 11.5 Å². The highest BCUT2D eigenvalue weighted by Gasteiger charge is 2.59. The predicted octanol–water partition coefficient (Wildman–Crippen LogP) is 6.51. The van der Waals surface area contributed by atoms with Gasteiger partial charge in [-0.1, -0.05) is 65.2 Å². The van der Waals surface area contributed by atoms with E-state index in [0.717, 1.165) is 54.0 Å². The number of aliphatic imine (C=N–C) groups is 1. The highest BCUT2D eigenvalue weighted by atomic mass is 79.9. The summed E-state index contributed by atoms with van der Waals surface area (Å²) in [5.41, 5.74) is 3.12. The first-order valence-electron chi connectivity index (χ1n) is 15.0. The molecule has 1 saturated carbocycles. The third-order valence-electron chi connectivity index (χ3n) is 9.29. The number of benzene rings is 1. The largest absolute Gasteiger partial charge is 0.495 e. The van der Waals surface area contributed by atoms with Gasteiger partial charge in [-0.25, -0.2) is 0 Å². The summed E-state index contributed by atoms with van der Waals surface area (Å²) in [4.78, 5) is 18.1. The molecule has 1 spiro atoms. The van der Waals surface area contributed by atoms with Crippen LogP contribution in [0.1, 0.15) is 102 Å². The Labute approximate surface area is 242 Å². The van der Waals surface area contributed by atoms with Crippen LogP contribution >= 0.6 is 15.9 Å². The number of carboxylic acids is 1. The van der Waals surface area contributed by atoms with Crippen molar-refractivity contribution in [2.45, 2.75) is 115 Å². The van der Waals surface area contributed by atoms with Crippen LogP contribution in [0.5, 0.6) is 11.5 Å². The molecule has 2 heterocycles. The Morgan fingerprint density at radius 3 is 2.51 bits per heavy atom. The van der Waals surface area contributed by atoms with E-state index >= 15 is 0 Å². The van der Waals surface area contributed by atoms with Crippen molar-refractivity contribution in [1.29, 1.82) is 0 Å². The Morgan fingerprint density at radius 2 is 1.87 bits per heavy atom. The fraction of sp³-hybridized carbons (Fsp3) is 0.742. The topological polar surface area (TPSA) is 91.6 Å². The zero-order chi connectivity index (χ0) is 28.0. The molecular weight excluding hydrogens is 560 g/mol. The summed E-state index contributed by atoms with van der Waals surface area (Å²) in [5, 5.41) is 19.8. The van der Waals surface area contributed by atoms with Crippen LogP contribution in [0.15, 0.2) is 15.5 Å². The molecule has 0 unspecified atom stereocenters. The summed E-state index contributed by atoms with van der Waals surface area (Å²) in [5.74, 6) is 0.895. The molecule has 4 rings (SSSR count). The van der Waals surface area contributed by atoms with E-state index in [-0.39, 0.29) is 36.6 Å². The highest BCUT2D eigenvalue weighted by Crippen LogP contribution is 2.60. The van der Waals surface area contributed by atoms with Gasteiger partial charge in [-0.2, -0.15) is 0 Å². The number of ether oxygens (including phenoxy) is 2. The van der Waals surface area contributed by atoms with Gasteiger partial charge in [0.2, 0.25) is 0 Å². The average Bonchev–Trinajstić information content (AvgIpc) is 3.18. The first kappa shape index (κ1) is 30.3. The Morgan fingerprint density at radius 1 is 1.18 bits per heavy atom. The molecule has 0 aromatic heterocycles. The number of carboxylic acid groups (broad SMARTS) is 1. The van der Waals surface area contributed by atoms with Crippen LogP contribution in [0.3, 0.4) is 0 Å². The van der Waals surface area contributed by atoms with Crippen molar-refractivity contribution >= 4 is 27.6 Å². The molecule has 0 bridgehead atoms. The first-order chi connectivity index (χ1) is 18.8. The average molecular weight is 608 g/mol. The van der Waals surface area contributed by atoms with Crippen LogP contribution in [-0.2, 0) is 16.8 Å². The standard InChI is InChI=1S/C31H47BrN2O5/c1-4-5-6-7-8-9-10-11-12-13-34-19-22-15-25(38-3)29(32)30-28(22)31(17-24(34)20-35)21(2)14-23(16-26(31)39-30)33-18-27(36)37/h15,21,24,26,35H,4-14,16-20H2,1-3H3,(H,36,37)/t21-,24+,26-,31+/m1/s1.